The number of fused-ring (bicyclic) bond motifs is 1. The van der Waals surface area contributed by atoms with E-state index in [-0.39, 0.29) is 18.1 Å². The van der Waals surface area contributed by atoms with Crippen molar-refractivity contribution < 1.29 is 19.1 Å². The average Bonchev–Trinajstić information content (AvgIpc) is 3.13. The first-order chi connectivity index (χ1) is 15.2. The second-order valence-corrected chi connectivity index (χ2v) is 7.32. The van der Waals surface area contributed by atoms with Crippen LogP contribution in [0.4, 0.5) is 0 Å². The van der Waals surface area contributed by atoms with Gasteiger partial charge in [0.25, 0.3) is 5.91 Å². The molecule has 31 heavy (non-hydrogen) atoms. The molecule has 3 rings (SSSR count). The van der Waals surface area contributed by atoms with E-state index in [1.165, 1.54) is 0 Å². The summed E-state index contributed by atoms with van der Waals surface area (Å²) in [6, 6.07) is 8.58. The Labute approximate surface area is 182 Å². The van der Waals surface area contributed by atoms with Gasteiger partial charge < -0.3 is 14.8 Å². The molecule has 0 aliphatic carbocycles. The number of benzene rings is 1. The molecule has 8 nitrogen and oxygen atoms in total. The van der Waals surface area contributed by atoms with E-state index in [0.29, 0.717) is 56.7 Å². The zero-order chi connectivity index (χ0) is 22.1. The molecule has 1 aromatic carbocycles. The molecular formula is C23H28N4O4. The van der Waals surface area contributed by atoms with Crippen molar-refractivity contribution in [1.82, 2.24) is 15.1 Å². The Balaban J connectivity index is 1.66. The predicted octanol–water partition coefficient (Wildman–Crippen LogP) is 2.65. The highest BCUT2D eigenvalue weighted by Crippen LogP contribution is 2.19. The number of rotatable bonds is 6. The normalized spacial score (nSPS) is 14.6. The van der Waals surface area contributed by atoms with Crippen molar-refractivity contribution in [3.63, 3.8) is 0 Å². The van der Waals surface area contributed by atoms with E-state index in [1.54, 1.807) is 24.3 Å². The number of aryl methyl sites for hydroxylation is 2. The Morgan fingerprint density at radius 1 is 1.32 bits per heavy atom. The van der Waals surface area contributed by atoms with E-state index >= 15 is 0 Å². The molecule has 0 unspecified atom stereocenters. The number of amides is 1. The highest BCUT2D eigenvalue weighted by atomic mass is 16.5. The molecule has 0 saturated carbocycles. The Kier molecular flexibility index (Phi) is 8.19. The molecule has 0 radical (unpaired) electrons. The summed E-state index contributed by atoms with van der Waals surface area (Å²) in [6.45, 7) is 4.59. The largest absolute Gasteiger partial charge is 0.462 e. The summed E-state index contributed by atoms with van der Waals surface area (Å²) < 4.78 is 12.8. The molecule has 1 aromatic heterocycles. The van der Waals surface area contributed by atoms with Crippen molar-refractivity contribution in [2.24, 2.45) is 0 Å². The maximum Gasteiger partial charge on any atom is 0.339 e. The summed E-state index contributed by atoms with van der Waals surface area (Å²) in [5.74, 6) is -0.595. The Morgan fingerprint density at radius 2 is 2.13 bits per heavy atom. The maximum atomic E-state index is 12.8. The molecule has 1 N–H and O–H groups in total. The van der Waals surface area contributed by atoms with Crippen molar-refractivity contribution in [3.8, 4) is 6.07 Å². The smallest absolute Gasteiger partial charge is 0.339 e. The molecule has 0 atom stereocenters. The molecule has 0 bridgehead atoms. The first-order valence-corrected chi connectivity index (χ1v) is 10.8. The lowest BCUT2D eigenvalue weighted by molar-refractivity contribution is 0.0494. The van der Waals surface area contributed by atoms with Crippen LogP contribution < -0.4 is 5.32 Å². The van der Waals surface area contributed by atoms with Crippen LogP contribution in [-0.2, 0) is 28.9 Å². The minimum Gasteiger partial charge on any atom is -0.462 e. The van der Waals surface area contributed by atoms with Gasteiger partial charge in [-0.25, -0.2) is 4.79 Å². The third-order valence-electron chi connectivity index (χ3n) is 5.16. The SMILES string of the molecule is CCc1nn(CCCOC(=O)c2ccccc2C#N)c2c1C(=O)NCCCOCCC2. The molecule has 1 amide bonds. The van der Waals surface area contributed by atoms with Crippen molar-refractivity contribution in [1.29, 1.82) is 5.26 Å². The average molecular weight is 425 g/mol. The second-order valence-electron chi connectivity index (χ2n) is 7.32. The van der Waals surface area contributed by atoms with Gasteiger partial charge in [0.15, 0.2) is 0 Å². The van der Waals surface area contributed by atoms with Crippen molar-refractivity contribution in [2.75, 3.05) is 26.4 Å². The lowest BCUT2D eigenvalue weighted by Gasteiger charge is -2.10. The lowest BCUT2D eigenvalue weighted by Crippen LogP contribution is -2.26. The summed E-state index contributed by atoms with van der Waals surface area (Å²) in [5.41, 5.74) is 2.92. The van der Waals surface area contributed by atoms with Gasteiger partial charge in [0, 0.05) is 32.7 Å². The maximum absolute atomic E-state index is 12.8. The van der Waals surface area contributed by atoms with Crippen LogP contribution in [0.5, 0.6) is 0 Å². The predicted molar refractivity (Wildman–Crippen MR) is 114 cm³/mol. The zero-order valence-electron chi connectivity index (χ0n) is 17.9. The number of nitrogens with zero attached hydrogens (tertiary/aromatic N) is 3. The molecule has 8 heteroatoms. The lowest BCUT2D eigenvalue weighted by atomic mass is 10.1. The highest BCUT2D eigenvalue weighted by molar-refractivity contribution is 5.96. The minimum absolute atomic E-state index is 0.0838. The number of hydrogen-bond acceptors (Lipinski definition) is 6. The fourth-order valence-electron chi connectivity index (χ4n) is 3.62. The topological polar surface area (TPSA) is 106 Å². The van der Waals surface area contributed by atoms with Gasteiger partial charge in [-0.05, 0) is 37.8 Å². The highest BCUT2D eigenvalue weighted by Gasteiger charge is 2.23. The number of carbonyl (C=O) groups excluding carboxylic acids is 2. The summed E-state index contributed by atoms with van der Waals surface area (Å²) >= 11 is 0. The monoisotopic (exact) mass is 424 g/mol. The van der Waals surface area contributed by atoms with Gasteiger partial charge in [0.2, 0.25) is 0 Å². The van der Waals surface area contributed by atoms with Crippen LogP contribution in [0, 0.1) is 11.3 Å². The van der Waals surface area contributed by atoms with Gasteiger partial charge in [-0.1, -0.05) is 19.1 Å². The third kappa shape index (κ3) is 5.70. The minimum atomic E-state index is -0.511. The Hall–Kier alpha value is -3.18. The fourth-order valence-corrected chi connectivity index (χ4v) is 3.62. The van der Waals surface area contributed by atoms with E-state index in [2.05, 4.69) is 10.4 Å². The van der Waals surface area contributed by atoms with E-state index < -0.39 is 5.97 Å². The number of hydrogen-bond donors (Lipinski definition) is 1. The number of ether oxygens (including phenoxy) is 2. The molecule has 1 aliphatic rings. The van der Waals surface area contributed by atoms with Crippen LogP contribution in [0.1, 0.15) is 63.9 Å². The van der Waals surface area contributed by atoms with Crippen molar-refractivity contribution in [2.45, 2.75) is 45.6 Å². The van der Waals surface area contributed by atoms with Crippen LogP contribution in [0.15, 0.2) is 24.3 Å². The summed E-state index contributed by atoms with van der Waals surface area (Å²) in [5, 5.41) is 16.8. The zero-order valence-corrected chi connectivity index (χ0v) is 17.9. The van der Waals surface area contributed by atoms with Gasteiger partial charge in [-0.2, -0.15) is 10.4 Å². The molecule has 2 aromatic rings. The Morgan fingerprint density at radius 3 is 2.94 bits per heavy atom. The quantitative estimate of drug-likeness (QED) is 0.564. The molecule has 1 aliphatic heterocycles. The summed E-state index contributed by atoms with van der Waals surface area (Å²) in [7, 11) is 0. The molecule has 0 spiro atoms. The van der Waals surface area contributed by atoms with Crippen LogP contribution in [0.3, 0.4) is 0 Å². The number of nitriles is 1. The van der Waals surface area contributed by atoms with E-state index in [0.717, 1.165) is 24.2 Å². The van der Waals surface area contributed by atoms with E-state index in [9.17, 15) is 9.59 Å². The van der Waals surface area contributed by atoms with E-state index in [1.807, 2.05) is 17.7 Å². The summed E-state index contributed by atoms with van der Waals surface area (Å²) in [4.78, 5) is 25.1. The number of esters is 1. The van der Waals surface area contributed by atoms with Gasteiger partial charge in [-0.15, -0.1) is 0 Å². The standard InChI is InChI=1S/C23H28N4O4/c1-2-19-21-20(10-5-13-30-14-6-11-25-22(21)28)27(26-19)12-7-15-31-23(29)18-9-4-3-8-17(18)16-24/h3-4,8-9H,2,5-7,10-15H2,1H3,(H,25,28). The molecule has 0 saturated heterocycles. The number of nitrogens with one attached hydrogen (secondary N) is 1. The van der Waals surface area contributed by atoms with Gasteiger partial charge in [-0.3, -0.25) is 9.48 Å². The second kappa shape index (κ2) is 11.3. The van der Waals surface area contributed by atoms with Gasteiger partial charge in [0.1, 0.15) is 6.07 Å². The molecular weight excluding hydrogens is 396 g/mol. The van der Waals surface area contributed by atoms with Crippen molar-refractivity contribution >= 4 is 11.9 Å². The number of aromatic nitrogens is 2. The third-order valence-corrected chi connectivity index (χ3v) is 5.16. The van der Waals surface area contributed by atoms with E-state index in [4.69, 9.17) is 14.7 Å². The van der Waals surface area contributed by atoms with Crippen LogP contribution >= 0.6 is 0 Å². The van der Waals surface area contributed by atoms with Crippen LogP contribution in [0.25, 0.3) is 0 Å². The molecule has 164 valence electrons. The molecule has 0 fully saturated rings. The first kappa shape index (κ1) is 22.5. The fraction of sp³-hybridized carbons (Fsp3) is 0.478. The van der Waals surface area contributed by atoms with Gasteiger partial charge >= 0.3 is 5.97 Å². The van der Waals surface area contributed by atoms with Crippen molar-refractivity contribution in [3.05, 3.63) is 52.3 Å². The van der Waals surface area contributed by atoms with Crippen LogP contribution in [0.2, 0.25) is 0 Å². The first-order valence-electron chi connectivity index (χ1n) is 10.8. The Bertz CT molecular complexity index is 961. The van der Waals surface area contributed by atoms with Gasteiger partial charge in [0.05, 0.1) is 34.7 Å². The summed E-state index contributed by atoms with van der Waals surface area (Å²) in [6.07, 6.45) is 3.52. The molecule has 2 heterocycles. The number of carbonyl (C=O) groups is 2. The van der Waals surface area contributed by atoms with Crippen LogP contribution in [-0.4, -0.2) is 48.0 Å².